The fourth-order valence-corrected chi connectivity index (χ4v) is 1.95. The number of hydrogen-bond donors (Lipinski definition) is 1. The van der Waals surface area contributed by atoms with Crippen molar-refractivity contribution in [2.75, 3.05) is 12.9 Å². The average molecular weight is 232 g/mol. The highest BCUT2D eigenvalue weighted by Gasteiger charge is 2.44. The summed E-state index contributed by atoms with van der Waals surface area (Å²) in [7, 11) is 1.17. The maximum Gasteiger partial charge on any atom is 0.417 e. The van der Waals surface area contributed by atoms with Crippen LogP contribution in [0.5, 0.6) is 0 Å². The molecule has 2 atom stereocenters. The summed E-state index contributed by atoms with van der Waals surface area (Å²) in [5.41, 5.74) is -1.22. The molecule has 6 heteroatoms. The molecule has 0 rings (SSSR count). The van der Waals surface area contributed by atoms with E-state index in [1.165, 1.54) is 7.11 Å². The van der Waals surface area contributed by atoms with Crippen LogP contribution in [0.1, 0.15) is 19.8 Å². The lowest BCUT2D eigenvalue weighted by Gasteiger charge is -2.22. The summed E-state index contributed by atoms with van der Waals surface area (Å²) in [5.74, 6) is 0.558. The Morgan fingerprint density at radius 2 is 2.00 bits per heavy atom. The van der Waals surface area contributed by atoms with E-state index in [1.807, 2.05) is 6.92 Å². The van der Waals surface area contributed by atoms with Gasteiger partial charge in [-0.25, -0.2) is 0 Å². The van der Waals surface area contributed by atoms with Gasteiger partial charge in [-0.15, -0.1) is 11.8 Å². The molecule has 0 heterocycles. The summed E-state index contributed by atoms with van der Waals surface area (Å²) < 4.78 is 40.7. The monoisotopic (exact) mass is 232 g/mol. The Balaban J connectivity index is 3.99. The van der Waals surface area contributed by atoms with Gasteiger partial charge in [-0.1, -0.05) is 13.3 Å². The van der Waals surface area contributed by atoms with Gasteiger partial charge in [0, 0.05) is 7.11 Å². The third-order valence-electron chi connectivity index (χ3n) is 1.61. The summed E-state index contributed by atoms with van der Waals surface area (Å²) in [4.78, 5) is 0. The van der Waals surface area contributed by atoms with E-state index >= 15 is 0 Å². The Kier molecular flexibility index (Phi) is 6.55. The van der Waals surface area contributed by atoms with E-state index in [0.29, 0.717) is 5.75 Å². The quantitative estimate of drug-likeness (QED) is 0.563. The predicted molar refractivity (Wildman–Crippen MR) is 50.2 cm³/mol. The highest BCUT2D eigenvalue weighted by molar-refractivity contribution is 7.99. The van der Waals surface area contributed by atoms with Gasteiger partial charge in [0.2, 0.25) is 0 Å². The summed E-state index contributed by atoms with van der Waals surface area (Å²) in [5, 5.41) is 8.87. The lowest BCUT2D eigenvalue weighted by molar-refractivity contribution is -0.220. The maximum absolute atomic E-state index is 12.1. The van der Waals surface area contributed by atoms with E-state index in [2.05, 4.69) is 4.74 Å². The van der Waals surface area contributed by atoms with Gasteiger partial charge in [-0.05, 0) is 12.2 Å². The summed E-state index contributed by atoms with van der Waals surface area (Å²) in [6.45, 7) is 1.95. The minimum Gasteiger partial charge on any atom is -0.381 e. The Morgan fingerprint density at radius 1 is 1.43 bits per heavy atom. The van der Waals surface area contributed by atoms with Gasteiger partial charge in [-0.3, -0.25) is 0 Å². The van der Waals surface area contributed by atoms with Crippen molar-refractivity contribution in [1.29, 1.82) is 0 Å². The minimum absolute atomic E-state index is 0.558. The normalized spacial score (nSPS) is 16.7. The molecule has 0 aromatic heterocycles. The zero-order chi connectivity index (χ0) is 11.2. The zero-order valence-corrected chi connectivity index (χ0v) is 8.99. The molecule has 0 amide bonds. The van der Waals surface area contributed by atoms with Crippen molar-refractivity contribution in [3.8, 4) is 0 Å². The van der Waals surface area contributed by atoms with Gasteiger partial charge < -0.3 is 9.84 Å². The van der Waals surface area contributed by atoms with Crippen LogP contribution in [0.25, 0.3) is 0 Å². The highest BCUT2D eigenvalue weighted by atomic mass is 32.2. The Bertz CT molecular complexity index is 152. The van der Waals surface area contributed by atoms with Crippen LogP contribution in [0.3, 0.4) is 0 Å². The van der Waals surface area contributed by atoms with E-state index in [1.54, 1.807) is 0 Å². The Labute approximate surface area is 85.8 Å². The molecule has 0 spiro atoms. The Hall–Kier alpha value is 0.0600. The first-order chi connectivity index (χ1) is 6.43. The van der Waals surface area contributed by atoms with Crippen molar-refractivity contribution in [2.45, 2.75) is 37.5 Å². The van der Waals surface area contributed by atoms with Crippen molar-refractivity contribution >= 4 is 11.8 Å². The van der Waals surface area contributed by atoms with Crippen LogP contribution >= 0.6 is 11.8 Å². The smallest absolute Gasteiger partial charge is 0.381 e. The predicted octanol–water partition coefficient (Wildman–Crippen LogP) is 2.42. The first-order valence-electron chi connectivity index (χ1n) is 4.32. The first kappa shape index (κ1) is 14.1. The first-order valence-corrected chi connectivity index (χ1v) is 5.37. The van der Waals surface area contributed by atoms with Crippen molar-refractivity contribution in [1.82, 2.24) is 0 Å². The van der Waals surface area contributed by atoms with Crippen LogP contribution in [-0.2, 0) is 4.74 Å². The van der Waals surface area contributed by atoms with Crippen molar-refractivity contribution < 1.29 is 23.0 Å². The number of rotatable bonds is 6. The van der Waals surface area contributed by atoms with Gasteiger partial charge in [0.05, 0.1) is 0 Å². The van der Waals surface area contributed by atoms with Crippen LogP contribution < -0.4 is 0 Å². The molecule has 0 radical (unpaired) electrons. The topological polar surface area (TPSA) is 29.5 Å². The van der Waals surface area contributed by atoms with Gasteiger partial charge >= 0.3 is 6.18 Å². The van der Waals surface area contributed by atoms with E-state index < -0.39 is 17.7 Å². The zero-order valence-electron chi connectivity index (χ0n) is 8.17. The molecule has 0 fully saturated rings. The van der Waals surface area contributed by atoms with Crippen LogP contribution in [0.4, 0.5) is 13.2 Å². The molecule has 0 bridgehead atoms. The number of aliphatic hydroxyl groups excluding tert-OH is 1. The summed E-state index contributed by atoms with van der Waals surface area (Å²) >= 11 is 0.989. The molecule has 0 saturated heterocycles. The van der Waals surface area contributed by atoms with Gasteiger partial charge in [0.25, 0.3) is 0 Å². The number of aliphatic hydroxyl groups is 1. The third-order valence-corrected chi connectivity index (χ3v) is 2.91. The van der Waals surface area contributed by atoms with Gasteiger partial charge in [0.1, 0.15) is 5.44 Å². The molecule has 0 aromatic carbocycles. The molecule has 86 valence electrons. The van der Waals surface area contributed by atoms with Crippen molar-refractivity contribution in [3.05, 3.63) is 0 Å². The fraction of sp³-hybridized carbons (Fsp3) is 1.00. The molecular formula is C8H15F3O2S. The molecule has 0 aromatic rings. The second kappa shape index (κ2) is 6.53. The molecule has 2 nitrogen and oxygen atoms in total. The maximum atomic E-state index is 12.1. The van der Waals surface area contributed by atoms with Crippen LogP contribution in [0, 0.1) is 0 Å². The number of ether oxygens (including phenoxy) is 1. The molecule has 0 aliphatic rings. The lowest BCUT2D eigenvalue weighted by Crippen LogP contribution is -2.39. The summed E-state index contributed by atoms with van der Waals surface area (Å²) in [6.07, 6.45) is -5.30. The van der Waals surface area contributed by atoms with E-state index in [-0.39, 0.29) is 0 Å². The molecule has 0 aliphatic carbocycles. The molecule has 1 N–H and O–H groups in total. The standard InChI is InChI=1S/C8H15F3O2S/c1-3-4-5-14-7(13-2)6(12)8(9,10)11/h6-7,12H,3-5H2,1-2H3. The molecule has 0 saturated carbocycles. The molecule has 2 unspecified atom stereocenters. The number of methoxy groups -OCH3 is 1. The molecular weight excluding hydrogens is 217 g/mol. The Morgan fingerprint density at radius 3 is 2.36 bits per heavy atom. The molecule has 14 heavy (non-hydrogen) atoms. The van der Waals surface area contributed by atoms with E-state index in [0.717, 1.165) is 24.6 Å². The van der Waals surface area contributed by atoms with Crippen LogP contribution in [0.2, 0.25) is 0 Å². The largest absolute Gasteiger partial charge is 0.417 e. The van der Waals surface area contributed by atoms with E-state index in [4.69, 9.17) is 5.11 Å². The number of unbranched alkanes of at least 4 members (excludes halogenated alkanes) is 1. The second-order valence-corrected chi connectivity index (χ2v) is 4.02. The number of halogens is 3. The minimum atomic E-state index is -4.61. The number of alkyl halides is 3. The van der Waals surface area contributed by atoms with Crippen LogP contribution in [-0.4, -0.2) is 35.7 Å². The lowest BCUT2D eigenvalue weighted by atomic mass is 10.4. The fourth-order valence-electron chi connectivity index (χ4n) is 0.786. The third kappa shape index (κ3) is 5.07. The second-order valence-electron chi connectivity index (χ2n) is 2.81. The van der Waals surface area contributed by atoms with Crippen LogP contribution in [0.15, 0.2) is 0 Å². The van der Waals surface area contributed by atoms with Gasteiger partial charge in [0.15, 0.2) is 6.10 Å². The summed E-state index contributed by atoms with van der Waals surface area (Å²) in [6, 6.07) is 0. The van der Waals surface area contributed by atoms with Gasteiger partial charge in [-0.2, -0.15) is 13.2 Å². The average Bonchev–Trinajstić information content (AvgIpc) is 2.10. The number of hydrogen-bond acceptors (Lipinski definition) is 3. The highest BCUT2D eigenvalue weighted by Crippen LogP contribution is 2.29. The van der Waals surface area contributed by atoms with Crippen molar-refractivity contribution in [3.63, 3.8) is 0 Å². The SMILES string of the molecule is CCCCSC(OC)C(O)C(F)(F)F. The molecule has 0 aliphatic heterocycles. The van der Waals surface area contributed by atoms with E-state index in [9.17, 15) is 13.2 Å². The van der Waals surface area contributed by atoms with Crippen molar-refractivity contribution in [2.24, 2.45) is 0 Å². The number of thioether (sulfide) groups is 1.